The Labute approximate surface area is 149 Å². The Bertz CT molecular complexity index is 854. The molecule has 1 aliphatic rings. The maximum Gasteiger partial charge on any atom is 0.243 e. The third-order valence-corrected chi connectivity index (χ3v) is 6.72. The predicted molar refractivity (Wildman–Crippen MR) is 97.4 cm³/mol. The summed E-state index contributed by atoms with van der Waals surface area (Å²) >= 11 is 0. The molecule has 0 N–H and O–H groups in total. The van der Waals surface area contributed by atoms with E-state index in [9.17, 15) is 12.8 Å². The van der Waals surface area contributed by atoms with Crippen LogP contribution in [0.4, 0.5) is 4.39 Å². The average Bonchev–Trinajstić information content (AvgIpc) is 3.05. The minimum Gasteiger partial charge on any atom is -0.207 e. The van der Waals surface area contributed by atoms with Crippen LogP contribution in [0.3, 0.4) is 0 Å². The van der Waals surface area contributed by atoms with Crippen LogP contribution in [0.5, 0.6) is 0 Å². The first-order valence-electron chi connectivity index (χ1n) is 8.58. The number of nitrogens with zero attached hydrogens (tertiary/aromatic N) is 1. The number of rotatable bonds is 3. The van der Waals surface area contributed by atoms with Crippen molar-refractivity contribution in [3.8, 4) is 0 Å². The van der Waals surface area contributed by atoms with Crippen LogP contribution < -0.4 is 0 Å². The Morgan fingerprint density at radius 2 is 1.68 bits per heavy atom. The molecule has 0 aliphatic carbocycles. The van der Waals surface area contributed by atoms with E-state index in [0.717, 1.165) is 12.0 Å². The molecule has 5 heteroatoms. The Morgan fingerprint density at radius 3 is 2.28 bits per heavy atom. The van der Waals surface area contributed by atoms with Gasteiger partial charge in [0.05, 0.1) is 10.9 Å². The molecule has 3 nitrogen and oxygen atoms in total. The molecule has 1 saturated heterocycles. The van der Waals surface area contributed by atoms with Gasteiger partial charge in [0.1, 0.15) is 5.82 Å². The number of halogens is 1. The monoisotopic (exact) mass is 361 g/mol. The van der Waals surface area contributed by atoms with Gasteiger partial charge in [-0.1, -0.05) is 51.1 Å². The van der Waals surface area contributed by atoms with Crippen LogP contribution in [0.2, 0.25) is 0 Å². The summed E-state index contributed by atoms with van der Waals surface area (Å²) in [7, 11) is -3.65. The molecule has 134 valence electrons. The van der Waals surface area contributed by atoms with Gasteiger partial charge in [0.2, 0.25) is 10.0 Å². The molecule has 25 heavy (non-hydrogen) atoms. The van der Waals surface area contributed by atoms with Gasteiger partial charge >= 0.3 is 0 Å². The highest BCUT2D eigenvalue weighted by molar-refractivity contribution is 7.89. The van der Waals surface area contributed by atoms with E-state index in [1.165, 1.54) is 10.4 Å². The third-order valence-electron chi connectivity index (χ3n) is 4.79. The van der Waals surface area contributed by atoms with Gasteiger partial charge in [-0.25, -0.2) is 12.8 Å². The maximum absolute atomic E-state index is 14.2. The largest absolute Gasteiger partial charge is 0.243 e. The highest BCUT2D eigenvalue weighted by atomic mass is 32.2. The molecule has 1 aliphatic heterocycles. The molecule has 1 atom stereocenters. The van der Waals surface area contributed by atoms with Gasteiger partial charge in [-0.3, -0.25) is 0 Å². The lowest BCUT2D eigenvalue weighted by Gasteiger charge is -2.25. The third kappa shape index (κ3) is 3.48. The summed E-state index contributed by atoms with van der Waals surface area (Å²) in [5, 5.41) is 0. The SMILES string of the molecule is CC(C)(C)c1ccc(S(=O)(=O)N2CCC[C@H]2c2ccccc2F)cc1. The van der Waals surface area contributed by atoms with E-state index in [-0.39, 0.29) is 16.1 Å². The fourth-order valence-corrected chi connectivity index (χ4v) is 5.02. The van der Waals surface area contributed by atoms with Crippen LogP contribution in [0.15, 0.2) is 53.4 Å². The molecule has 2 aromatic rings. The summed E-state index contributed by atoms with van der Waals surface area (Å²) in [5.74, 6) is -0.349. The molecule has 1 heterocycles. The fraction of sp³-hybridized carbons (Fsp3) is 0.400. The van der Waals surface area contributed by atoms with Gasteiger partial charge in [0.15, 0.2) is 0 Å². The van der Waals surface area contributed by atoms with Crippen molar-refractivity contribution in [1.29, 1.82) is 0 Å². The quantitative estimate of drug-likeness (QED) is 0.798. The van der Waals surface area contributed by atoms with E-state index in [1.807, 2.05) is 12.1 Å². The molecule has 0 unspecified atom stereocenters. The normalized spacial score (nSPS) is 19.3. The number of benzene rings is 2. The summed E-state index contributed by atoms with van der Waals surface area (Å²) in [5.41, 5.74) is 1.50. The van der Waals surface area contributed by atoms with Crippen LogP contribution in [-0.2, 0) is 15.4 Å². The van der Waals surface area contributed by atoms with E-state index in [2.05, 4.69) is 20.8 Å². The first-order valence-corrected chi connectivity index (χ1v) is 10.0. The van der Waals surface area contributed by atoms with E-state index >= 15 is 0 Å². The van der Waals surface area contributed by atoms with E-state index in [0.29, 0.717) is 18.5 Å². The second-order valence-corrected chi connectivity index (χ2v) is 9.46. The Hall–Kier alpha value is -1.72. The molecule has 1 fully saturated rings. The standard InChI is InChI=1S/C20H24FNO2S/c1-20(2,3)15-10-12-16(13-11-15)25(23,24)22-14-6-9-19(22)17-7-4-5-8-18(17)21/h4-5,7-8,10-13,19H,6,9,14H2,1-3H3/t19-/m0/s1. The second kappa shape index (κ2) is 6.54. The van der Waals surface area contributed by atoms with Crippen molar-refractivity contribution >= 4 is 10.0 Å². The van der Waals surface area contributed by atoms with Crippen LogP contribution in [0.25, 0.3) is 0 Å². The van der Waals surface area contributed by atoms with Crippen molar-refractivity contribution in [2.24, 2.45) is 0 Å². The Kier molecular flexibility index (Phi) is 4.73. The lowest BCUT2D eigenvalue weighted by atomic mass is 9.87. The number of sulfonamides is 1. The maximum atomic E-state index is 14.2. The summed E-state index contributed by atoms with van der Waals surface area (Å²) in [6.45, 7) is 6.68. The molecule has 0 radical (unpaired) electrons. The lowest BCUT2D eigenvalue weighted by molar-refractivity contribution is 0.386. The lowest BCUT2D eigenvalue weighted by Crippen LogP contribution is -2.31. The average molecular weight is 361 g/mol. The van der Waals surface area contributed by atoms with Crippen molar-refractivity contribution in [2.75, 3.05) is 6.54 Å². The second-order valence-electron chi connectivity index (χ2n) is 7.57. The minimum atomic E-state index is -3.65. The molecule has 0 amide bonds. The van der Waals surface area contributed by atoms with Crippen LogP contribution in [0, 0.1) is 5.82 Å². The van der Waals surface area contributed by atoms with E-state index in [4.69, 9.17) is 0 Å². The zero-order valence-electron chi connectivity index (χ0n) is 14.9. The van der Waals surface area contributed by atoms with Gasteiger partial charge in [-0.2, -0.15) is 4.31 Å². The predicted octanol–water partition coefficient (Wildman–Crippen LogP) is 4.65. The topological polar surface area (TPSA) is 37.4 Å². The molecule has 3 rings (SSSR count). The molecular formula is C20H24FNO2S. The highest BCUT2D eigenvalue weighted by Crippen LogP contribution is 2.37. The van der Waals surface area contributed by atoms with Crippen molar-refractivity contribution in [3.63, 3.8) is 0 Å². The molecule has 0 spiro atoms. The van der Waals surface area contributed by atoms with Crippen molar-refractivity contribution < 1.29 is 12.8 Å². The minimum absolute atomic E-state index is 0.0361. The Morgan fingerprint density at radius 1 is 1.04 bits per heavy atom. The fourth-order valence-electron chi connectivity index (χ4n) is 3.35. The van der Waals surface area contributed by atoms with Crippen molar-refractivity contribution in [2.45, 2.75) is 50.0 Å². The van der Waals surface area contributed by atoms with Crippen molar-refractivity contribution in [3.05, 3.63) is 65.5 Å². The molecule has 0 bridgehead atoms. The molecular weight excluding hydrogens is 337 g/mol. The first kappa shape index (κ1) is 18.1. The van der Waals surface area contributed by atoms with Gasteiger partial charge in [-0.05, 0) is 42.0 Å². The van der Waals surface area contributed by atoms with Gasteiger partial charge in [0, 0.05) is 12.1 Å². The summed E-state index contributed by atoms with van der Waals surface area (Å²) in [6.07, 6.45) is 1.37. The number of hydrogen-bond donors (Lipinski definition) is 0. The van der Waals surface area contributed by atoms with E-state index in [1.54, 1.807) is 30.3 Å². The van der Waals surface area contributed by atoms with Crippen LogP contribution in [0.1, 0.15) is 50.8 Å². The van der Waals surface area contributed by atoms with E-state index < -0.39 is 16.1 Å². The highest BCUT2D eigenvalue weighted by Gasteiger charge is 2.37. The zero-order valence-corrected chi connectivity index (χ0v) is 15.7. The van der Waals surface area contributed by atoms with Crippen LogP contribution in [-0.4, -0.2) is 19.3 Å². The Balaban J connectivity index is 1.95. The summed E-state index contributed by atoms with van der Waals surface area (Å²) < 4.78 is 41.8. The molecule has 0 aromatic heterocycles. The van der Waals surface area contributed by atoms with Gasteiger partial charge < -0.3 is 0 Å². The zero-order chi connectivity index (χ0) is 18.2. The van der Waals surface area contributed by atoms with Gasteiger partial charge in [-0.15, -0.1) is 0 Å². The van der Waals surface area contributed by atoms with Crippen molar-refractivity contribution in [1.82, 2.24) is 4.31 Å². The number of hydrogen-bond acceptors (Lipinski definition) is 2. The smallest absolute Gasteiger partial charge is 0.207 e. The summed E-state index contributed by atoms with van der Waals surface area (Å²) in [4.78, 5) is 0.267. The van der Waals surface area contributed by atoms with Crippen LogP contribution >= 0.6 is 0 Å². The van der Waals surface area contributed by atoms with Gasteiger partial charge in [0.25, 0.3) is 0 Å². The molecule has 0 saturated carbocycles. The molecule has 2 aromatic carbocycles. The summed E-state index contributed by atoms with van der Waals surface area (Å²) in [6, 6.07) is 13.0. The first-order chi connectivity index (χ1) is 11.7.